The Morgan fingerprint density at radius 3 is 2.42 bits per heavy atom. The Bertz CT molecular complexity index is 796. The number of aryl methyl sites for hydroxylation is 2. The van der Waals surface area contributed by atoms with E-state index in [9.17, 15) is 14.4 Å². The fourth-order valence-corrected chi connectivity index (χ4v) is 2.14. The summed E-state index contributed by atoms with van der Waals surface area (Å²) in [6, 6.07) is 11.9. The lowest BCUT2D eigenvalue weighted by molar-refractivity contribution is -0.119. The Kier molecular flexibility index (Phi) is 5.47. The summed E-state index contributed by atoms with van der Waals surface area (Å²) in [4.78, 5) is 35.3. The molecule has 2 aromatic rings. The van der Waals surface area contributed by atoms with E-state index in [0.717, 1.165) is 11.1 Å². The summed E-state index contributed by atoms with van der Waals surface area (Å²) >= 11 is 0. The fourth-order valence-electron chi connectivity index (χ4n) is 2.14. The van der Waals surface area contributed by atoms with Crippen LogP contribution in [0.2, 0.25) is 0 Å². The molecule has 24 heavy (non-hydrogen) atoms. The van der Waals surface area contributed by atoms with Crippen LogP contribution in [0.1, 0.15) is 38.8 Å². The predicted octanol–water partition coefficient (Wildman–Crippen LogP) is 3.30. The molecule has 0 aliphatic heterocycles. The second kappa shape index (κ2) is 7.55. The molecule has 124 valence electrons. The van der Waals surface area contributed by atoms with Crippen molar-refractivity contribution in [1.82, 2.24) is 0 Å². The van der Waals surface area contributed by atoms with Gasteiger partial charge in [-0.25, -0.2) is 4.79 Å². The number of carbonyl (C=O) groups is 3. The van der Waals surface area contributed by atoms with Crippen molar-refractivity contribution < 1.29 is 19.1 Å². The molecule has 1 amide bonds. The summed E-state index contributed by atoms with van der Waals surface area (Å²) in [5.41, 5.74) is 3.30. The van der Waals surface area contributed by atoms with Gasteiger partial charge in [-0.15, -0.1) is 0 Å². The van der Waals surface area contributed by atoms with Crippen LogP contribution < -0.4 is 5.32 Å². The zero-order chi connectivity index (χ0) is 17.7. The molecular weight excluding hydrogens is 306 g/mol. The first-order valence-electron chi connectivity index (χ1n) is 7.52. The molecule has 0 unspecified atom stereocenters. The second-order valence-electron chi connectivity index (χ2n) is 5.58. The first-order valence-corrected chi connectivity index (χ1v) is 7.52. The molecule has 0 bridgehead atoms. The molecule has 5 heteroatoms. The average Bonchev–Trinajstić information content (AvgIpc) is 2.56. The lowest BCUT2D eigenvalue weighted by Crippen LogP contribution is -2.21. The fraction of sp³-hybridized carbons (Fsp3) is 0.211. The van der Waals surface area contributed by atoms with Gasteiger partial charge in [0, 0.05) is 11.3 Å². The number of anilines is 1. The summed E-state index contributed by atoms with van der Waals surface area (Å²) < 4.78 is 5.00. The van der Waals surface area contributed by atoms with Gasteiger partial charge in [0.25, 0.3) is 5.91 Å². The molecule has 1 N–H and O–H groups in total. The minimum Gasteiger partial charge on any atom is -0.452 e. The molecule has 0 aliphatic rings. The smallest absolute Gasteiger partial charge is 0.338 e. The van der Waals surface area contributed by atoms with Crippen LogP contribution in [0.4, 0.5) is 5.69 Å². The summed E-state index contributed by atoms with van der Waals surface area (Å²) in [7, 11) is 0. The van der Waals surface area contributed by atoms with Crippen molar-refractivity contribution in [3.8, 4) is 0 Å². The van der Waals surface area contributed by atoms with Gasteiger partial charge in [-0.3, -0.25) is 9.59 Å². The molecule has 0 aromatic heterocycles. The van der Waals surface area contributed by atoms with E-state index in [2.05, 4.69) is 5.32 Å². The number of esters is 1. The van der Waals surface area contributed by atoms with Crippen molar-refractivity contribution in [2.75, 3.05) is 11.9 Å². The maximum absolute atomic E-state index is 12.0. The van der Waals surface area contributed by atoms with E-state index in [0.29, 0.717) is 11.3 Å². The number of ether oxygens (including phenoxy) is 1. The van der Waals surface area contributed by atoms with Gasteiger partial charge in [0.1, 0.15) is 0 Å². The number of amides is 1. The van der Waals surface area contributed by atoms with Gasteiger partial charge in [-0.05, 0) is 50.1 Å². The van der Waals surface area contributed by atoms with E-state index in [4.69, 9.17) is 4.74 Å². The molecule has 0 spiro atoms. The van der Waals surface area contributed by atoms with E-state index in [1.807, 2.05) is 32.0 Å². The quantitative estimate of drug-likeness (QED) is 0.676. The molecule has 0 radical (unpaired) electrons. The monoisotopic (exact) mass is 325 g/mol. The van der Waals surface area contributed by atoms with Crippen LogP contribution in [0.25, 0.3) is 0 Å². The Balaban J connectivity index is 1.96. The van der Waals surface area contributed by atoms with Crippen molar-refractivity contribution in [3.05, 3.63) is 64.7 Å². The molecular formula is C19H19NO4. The largest absolute Gasteiger partial charge is 0.452 e. The van der Waals surface area contributed by atoms with E-state index < -0.39 is 18.5 Å². The van der Waals surface area contributed by atoms with Crippen molar-refractivity contribution in [1.29, 1.82) is 0 Å². The minimum atomic E-state index is -0.644. The lowest BCUT2D eigenvalue weighted by Gasteiger charge is -2.10. The molecule has 0 atom stereocenters. The highest BCUT2D eigenvalue weighted by Crippen LogP contribution is 2.16. The SMILES string of the molecule is CC(=O)c1cccc(C(=O)OCC(=O)Nc2cc(C)ccc2C)c1. The predicted molar refractivity (Wildman–Crippen MR) is 91.3 cm³/mol. The van der Waals surface area contributed by atoms with Crippen LogP contribution in [0.5, 0.6) is 0 Å². The maximum atomic E-state index is 12.0. The van der Waals surface area contributed by atoms with Crippen molar-refractivity contribution >= 4 is 23.3 Å². The number of Topliss-reactive ketones (excluding diaryl/α,β-unsaturated/α-hetero) is 1. The summed E-state index contributed by atoms with van der Waals surface area (Å²) in [6.45, 7) is 4.84. The van der Waals surface area contributed by atoms with Crippen LogP contribution in [0.15, 0.2) is 42.5 Å². The van der Waals surface area contributed by atoms with E-state index in [1.54, 1.807) is 12.1 Å². The third kappa shape index (κ3) is 4.52. The highest BCUT2D eigenvalue weighted by molar-refractivity contribution is 5.99. The Morgan fingerprint density at radius 2 is 1.71 bits per heavy atom. The minimum absolute atomic E-state index is 0.141. The summed E-state index contributed by atoms with van der Waals surface area (Å²) in [5, 5.41) is 2.72. The van der Waals surface area contributed by atoms with Crippen LogP contribution in [0.3, 0.4) is 0 Å². The number of rotatable bonds is 5. The van der Waals surface area contributed by atoms with Crippen LogP contribution >= 0.6 is 0 Å². The molecule has 2 rings (SSSR count). The zero-order valence-electron chi connectivity index (χ0n) is 13.9. The average molecular weight is 325 g/mol. The topological polar surface area (TPSA) is 72.5 Å². The van der Waals surface area contributed by atoms with Gasteiger partial charge in [0.2, 0.25) is 0 Å². The van der Waals surface area contributed by atoms with Crippen molar-refractivity contribution in [2.24, 2.45) is 0 Å². The molecule has 0 heterocycles. The van der Waals surface area contributed by atoms with Gasteiger partial charge < -0.3 is 10.1 Å². The Hall–Kier alpha value is -2.95. The standard InChI is InChI=1S/C19H19NO4/c1-12-7-8-13(2)17(9-12)20-18(22)11-24-19(23)16-6-4-5-15(10-16)14(3)21/h4-10H,11H2,1-3H3,(H,20,22). The van der Waals surface area contributed by atoms with Gasteiger partial charge in [-0.2, -0.15) is 0 Å². The first kappa shape index (κ1) is 17.4. The summed E-state index contributed by atoms with van der Waals surface area (Å²) in [5.74, 6) is -1.20. The van der Waals surface area contributed by atoms with Gasteiger partial charge in [0.15, 0.2) is 12.4 Å². The van der Waals surface area contributed by atoms with Crippen molar-refractivity contribution in [3.63, 3.8) is 0 Å². The third-order valence-electron chi connectivity index (χ3n) is 3.51. The van der Waals surface area contributed by atoms with Crippen LogP contribution in [-0.4, -0.2) is 24.3 Å². The molecule has 5 nitrogen and oxygen atoms in total. The Morgan fingerprint density at radius 1 is 1.00 bits per heavy atom. The Labute approximate surface area is 140 Å². The van der Waals surface area contributed by atoms with E-state index >= 15 is 0 Å². The number of carbonyl (C=O) groups excluding carboxylic acids is 3. The highest BCUT2D eigenvalue weighted by Gasteiger charge is 2.12. The number of nitrogens with one attached hydrogen (secondary N) is 1. The molecule has 0 fully saturated rings. The number of benzene rings is 2. The number of ketones is 1. The zero-order valence-corrected chi connectivity index (χ0v) is 13.9. The number of hydrogen-bond donors (Lipinski definition) is 1. The molecule has 0 saturated carbocycles. The number of hydrogen-bond acceptors (Lipinski definition) is 4. The lowest BCUT2D eigenvalue weighted by atomic mass is 10.1. The highest BCUT2D eigenvalue weighted by atomic mass is 16.5. The third-order valence-corrected chi connectivity index (χ3v) is 3.51. The van der Waals surface area contributed by atoms with Crippen LogP contribution in [-0.2, 0) is 9.53 Å². The van der Waals surface area contributed by atoms with Gasteiger partial charge in [-0.1, -0.05) is 24.3 Å². The molecule has 0 aliphatic carbocycles. The normalized spacial score (nSPS) is 10.1. The summed E-state index contributed by atoms with van der Waals surface area (Å²) in [6.07, 6.45) is 0. The molecule has 0 saturated heterocycles. The first-order chi connectivity index (χ1) is 11.4. The van der Waals surface area contributed by atoms with E-state index in [1.165, 1.54) is 19.1 Å². The molecule has 2 aromatic carbocycles. The van der Waals surface area contributed by atoms with Gasteiger partial charge >= 0.3 is 5.97 Å². The van der Waals surface area contributed by atoms with Gasteiger partial charge in [0.05, 0.1) is 5.56 Å². The van der Waals surface area contributed by atoms with Crippen LogP contribution in [0, 0.1) is 13.8 Å². The second-order valence-corrected chi connectivity index (χ2v) is 5.58. The maximum Gasteiger partial charge on any atom is 0.338 e. The van der Waals surface area contributed by atoms with E-state index in [-0.39, 0.29) is 11.3 Å². The van der Waals surface area contributed by atoms with Crippen molar-refractivity contribution in [2.45, 2.75) is 20.8 Å².